The highest BCUT2D eigenvalue weighted by Crippen LogP contribution is 2.50. The SMILES string of the molecule is NC1CC2(CCN(c3nnnn3-c3cccc(Cl)c3Cl)CC2)c2ccccc21. The molecule has 1 fully saturated rings. The molecule has 1 saturated heterocycles. The largest absolute Gasteiger partial charge is 0.339 e. The summed E-state index contributed by atoms with van der Waals surface area (Å²) in [5.41, 5.74) is 9.98. The summed E-state index contributed by atoms with van der Waals surface area (Å²) in [6.07, 6.45) is 3.05. The van der Waals surface area contributed by atoms with Crippen molar-refractivity contribution in [2.45, 2.75) is 30.7 Å². The van der Waals surface area contributed by atoms with Crippen LogP contribution in [0.3, 0.4) is 0 Å². The van der Waals surface area contributed by atoms with Crippen molar-refractivity contribution in [3.8, 4) is 5.69 Å². The minimum Gasteiger partial charge on any atom is -0.339 e. The molecule has 0 radical (unpaired) electrons. The summed E-state index contributed by atoms with van der Waals surface area (Å²) in [6, 6.07) is 14.2. The minimum absolute atomic E-state index is 0.123. The number of rotatable bonds is 2. The molecule has 28 heavy (non-hydrogen) atoms. The Morgan fingerprint density at radius 3 is 2.64 bits per heavy atom. The Kier molecular flexibility index (Phi) is 4.30. The first-order valence-corrected chi connectivity index (χ1v) is 10.2. The average molecular weight is 415 g/mol. The maximum absolute atomic E-state index is 6.43. The molecule has 2 heterocycles. The number of nitrogens with two attached hydrogens (primary N) is 1. The van der Waals surface area contributed by atoms with E-state index in [1.54, 1.807) is 10.7 Å². The second kappa shape index (κ2) is 6.72. The van der Waals surface area contributed by atoms with Crippen LogP contribution in [0.1, 0.15) is 36.4 Å². The van der Waals surface area contributed by atoms with E-state index in [4.69, 9.17) is 28.9 Å². The van der Waals surface area contributed by atoms with Crippen molar-refractivity contribution in [3.05, 3.63) is 63.6 Å². The van der Waals surface area contributed by atoms with Gasteiger partial charge in [0.2, 0.25) is 5.95 Å². The highest BCUT2D eigenvalue weighted by molar-refractivity contribution is 6.43. The van der Waals surface area contributed by atoms with Crippen LogP contribution in [0, 0.1) is 0 Å². The number of halogens is 2. The lowest BCUT2D eigenvalue weighted by Gasteiger charge is -2.40. The molecule has 1 aliphatic carbocycles. The van der Waals surface area contributed by atoms with Gasteiger partial charge >= 0.3 is 0 Å². The van der Waals surface area contributed by atoms with E-state index in [0.717, 1.165) is 32.4 Å². The van der Waals surface area contributed by atoms with Gasteiger partial charge in [-0.25, -0.2) is 0 Å². The predicted octanol–water partition coefficient (Wildman–Crippen LogP) is 3.91. The van der Waals surface area contributed by atoms with Crippen molar-refractivity contribution in [2.75, 3.05) is 18.0 Å². The Labute approximate surface area is 173 Å². The molecule has 3 aromatic rings. The molecular formula is C20H20Cl2N6. The Morgan fingerprint density at radius 2 is 1.82 bits per heavy atom. The Hall–Kier alpha value is -2.15. The van der Waals surface area contributed by atoms with E-state index in [-0.39, 0.29) is 11.5 Å². The Balaban J connectivity index is 1.43. The third kappa shape index (κ3) is 2.70. The van der Waals surface area contributed by atoms with Crippen LogP contribution in [-0.4, -0.2) is 33.3 Å². The van der Waals surface area contributed by atoms with E-state index in [1.807, 2.05) is 12.1 Å². The van der Waals surface area contributed by atoms with Crippen molar-refractivity contribution in [3.63, 3.8) is 0 Å². The van der Waals surface area contributed by atoms with Gasteiger partial charge in [-0.05, 0) is 52.9 Å². The second-order valence-electron chi connectivity index (χ2n) is 7.63. The lowest BCUT2D eigenvalue weighted by atomic mass is 9.74. The van der Waals surface area contributed by atoms with Gasteiger partial charge in [0.25, 0.3) is 0 Å². The average Bonchev–Trinajstić information content (AvgIpc) is 3.29. The van der Waals surface area contributed by atoms with E-state index in [0.29, 0.717) is 21.7 Å². The molecule has 1 unspecified atom stereocenters. The normalized spacial score (nSPS) is 20.5. The molecule has 2 N–H and O–H groups in total. The summed E-state index contributed by atoms with van der Waals surface area (Å²) in [4.78, 5) is 2.22. The summed E-state index contributed by atoms with van der Waals surface area (Å²) in [5, 5.41) is 13.2. The molecule has 5 rings (SSSR count). The van der Waals surface area contributed by atoms with Crippen LogP contribution in [0.25, 0.3) is 5.69 Å². The van der Waals surface area contributed by atoms with Crippen LogP contribution >= 0.6 is 23.2 Å². The molecule has 1 atom stereocenters. The standard InChI is InChI=1S/C20H20Cl2N6/c21-15-6-3-7-17(18(15)22)28-19(24-25-26-28)27-10-8-20(9-11-27)12-16(23)13-4-1-2-5-14(13)20/h1-7,16H,8-12,23H2. The van der Waals surface area contributed by atoms with Crippen LogP contribution in [0.4, 0.5) is 5.95 Å². The molecule has 0 bridgehead atoms. The fourth-order valence-corrected chi connectivity index (χ4v) is 5.12. The number of nitrogens with zero attached hydrogens (tertiary/aromatic N) is 5. The van der Waals surface area contributed by atoms with E-state index >= 15 is 0 Å². The van der Waals surface area contributed by atoms with Crippen LogP contribution < -0.4 is 10.6 Å². The first-order valence-electron chi connectivity index (χ1n) is 9.42. The number of anilines is 1. The molecule has 2 aromatic carbocycles. The molecule has 144 valence electrons. The van der Waals surface area contributed by atoms with E-state index < -0.39 is 0 Å². The zero-order valence-electron chi connectivity index (χ0n) is 15.2. The smallest absolute Gasteiger partial charge is 0.250 e. The van der Waals surface area contributed by atoms with Gasteiger partial charge in [0.1, 0.15) is 0 Å². The summed E-state index contributed by atoms with van der Waals surface area (Å²) in [7, 11) is 0. The summed E-state index contributed by atoms with van der Waals surface area (Å²) < 4.78 is 1.67. The number of hydrogen-bond acceptors (Lipinski definition) is 5. The molecule has 1 spiro atoms. The van der Waals surface area contributed by atoms with Gasteiger partial charge in [0.05, 0.1) is 15.7 Å². The third-order valence-corrected chi connectivity index (χ3v) is 6.97. The van der Waals surface area contributed by atoms with Gasteiger partial charge in [0.15, 0.2) is 0 Å². The first-order chi connectivity index (χ1) is 13.6. The predicted molar refractivity (Wildman–Crippen MR) is 110 cm³/mol. The lowest BCUT2D eigenvalue weighted by Crippen LogP contribution is -2.43. The Morgan fingerprint density at radius 1 is 1.04 bits per heavy atom. The minimum atomic E-state index is 0.123. The molecule has 2 aliphatic rings. The van der Waals surface area contributed by atoms with Gasteiger partial charge < -0.3 is 10.6 Å². The Bertz CT molecular complexity index is 1030. The summed E-state index contributed by atoms with van der Waals surface area (Å²) in [6.45, 7) is 1.72. The van der Waals surface area contributed by atoms with Crippen LogP contribution in [0.2, 0.25) is 10.0 Å². The molecular weight excluding hydrogens is 395 g/mol. The number of piperidine rings is 1. The number of aromatic nitrogens is 4. The number of hydrogen-bond donors (Lipinski definition) is 1. The monoisotopic (exact) mass is 414 g/mol. The molecule has 1 aromatic heterocycles. The molecule has 8 heteroatoms. The van der Waals surface area contributed by atoms with Crippen LogP contribution in [0.5, 0.6) is 0 Å². The van der Waals surface area contributed by atoms with Crippen molar-refractivity contribution in [1.82, 2.24) is 20.2 Å². The maximum Gasteiger partial charge on any atom is 0.250 e. The fourth-order valence-electron chi connectivity index (χ4n) is 4.74. The lowest BCUT2D eigenvalue weighted by molar-refractivity contribution is 0.313. The van der Waals surface area contributed by atoms with Gasteiger partial charge in [-0.3, -0.25) is 0 Å². The molecule has 6 nitrogen and oxygen atoms in total. The second-order valence-corrected chi connectivity index (χ2v) is 8.41. The van der Waals surface area contributed by atoms with Gasteiger partial charge in [-0.2, -0.15) is 4.68 Å². The molecule has 0 amide bonds. The van der Waals surface area contributed by atoms with Crippen molar-refractivity contribution in [1.29, 1.82) is 0 Å². The first kappa shape index (κ1) is 17.9. The zero-order chi connectivity index (χ0) is 19.3. The van der Waals surface area contributed by atoms with E-state index in [1.165, 1.54) is 11.1 Å². The van der Waals surface area contributed by atoms with Crippen LogP contribution in [-0.2, 0) is 5.41 Å². The van der Waals surface area contributed by atoms with Gasteiger partial charge in [0, 0.05) is 24.5 Å². The fraction of sp³-hybridized carbons (Fsp3) is 0.350. The highest BCUT2D eigenvalue weighted by atomic mass is 35.5. The van der Waals surface area contributed by atoms with Gasteiger partial charge in [-0.1, -0.05) is 58.6 Å². The zero-order valence-corrected chi connectivity index (χ0v) is 16.7. The summed E-state index contributed by atoms with van der Waals surface area (Å²) >= 11 is 12.6. The maximum atomic E-state index is 6.43. The summed E-state index contributed by atoms with van der Waals surface area (Å²) in [5.74, 6) is 0.689. The highest BCUT2D eigenvalue weighted by Gasteiger charge is 2.44. The number of fused-ring (bicyclic) bond motifs is 2. The van der Waals surface area contributed by atoms with Crippen LogP contribution in [0.15, 0.2) is 42.5 Å². The molecule has 0 saturated carbocycles. The third-order valence-electron chi connectivity index (χ3n) is 6.16. The number of benzene rings is 2. The number of tetrazole rings is 1. The van der Waals surface area contributed by atoms with E-state index in [9.17, 15) is 0 Å². The van der Waals surface area contributed by atoms with Crippen molar-refractivity contribution >= 4 is 29.2 Å². The van der Waals surface area contributed by atoms with E-state index in [2.05, 4.69) is 44.7 Å². The topological polar surface area (TPSA) is 72.9 Å². The van der Waals surface area contributed by atoms with Gasteiger partial charge in [-0.15, -0.1) is 0 Å². The quantitative estimate of drug-likeness (QED) is 0.687. The molecule has 1 aliphatic heterocycles. The van der Waals surface area contributed by atoms with Crippen molar-refractivity contribution in [2.24, 2.45) is 5.73 Å². The van der Waals surface area contributed by atoms with Crippen molar-refractivity contribution < 1.29 is 0 Å².